The molecule has 2 heterocycles. The van der Waals surface area contributed by atoms with E-state index in [1.165, 1.54) is 10.4 Å². The quantitative estimate of drug-likeness (QED) is 0.570. The van der Waals surface area contributed by atoms with Crippen molar-refractivity contribution < 1.29 is 0 Å². The Kier molecular flexibility index (Phi) is 1.28. The van der Waals surface area contributed by atoms with Crippen molar-refractivity contribution in [1.29, 1.82) is 0 Å². The minimum absolute atomic E-state index is 0.971. The van der Waals surface area contributed by atoms with Crippen molar-refractivity contribution in [3.63, 3.8) is 0 Å². The van der Waals surface area contributed by atoms with Crippen LogP contribution in [0, 0.1) is 6.54 Å². The largest absolute Gasteiger partial charge is 0.303 e. The monoisotopic (exact) mass is 137 g/mol. The van der Waals surface area contributed by atoms with Crippen LogP contribution in [0.5, 0.6) is 0 Å². The third-order valence-electron chi connectivity index (χ3n) is 1.49. The summed E-state index contributed by atoms with van der Waals surface area (Å²) in [5.74, 6) is 0. The Morgan fingerprint density at radius 1 is 1.67 bits per heavy atom. The van der Waals surface area contributed by atoms with E-state index in [4.69, 9.17) is 0 Å². The first kappa shape index (κ1) is 5.45. The van der Waals surface area contributed by atoms with Crippen LogP contribution in [0.1, 0.15) is 10.4 Å². The number of nitrogens with one attached hydrogen (secondary N) is 1. The van der Waals surface area contributed by atoms with Gasteiger partial charge in [-0.15, -0.1) is 11.3 Å². The van der Waals surface area contributed by atoms with Gasteiger partial charge < -0.3 is 5.32 Å². The number of fused-ring (bicyclic) bond motifs is 1. The first-order chi connectivity index (χ1) is 4.47. The van der Waals surface area contributed by atoms with E-state index in [1.807, 2.05) is 11.3 Å². The highest BCUT2D eigenvalue weighted by molar-refractivity contribution is 7.10. The summed E-state index contributed by atoms with van der Waals surface area (Å²) in [5, 5.41) is 5.22. The fourth-order valence-corrected chi connectivity index (χ4v) is 1.82. The van der Waals surface area contributed by atoms with Gasteiger partial charge in [0.25, 0.3) is 0 Å². The minimum atomic E-state index is 0.971. The van der Waals surface area contributed by atoms with Gasteiger partial charge in [-0.25, -0.2) is 0 Å². The zero-order chi connectivity index (χ0) is 6.10. The van der Waals surface area contributed by atoms with Crippen molar-refractivity contribution in [1.82, 2.24) is 5.32 Å². The zero-order valence-electron chi connectivity index (χ0n) is 4.98. The number of hydrogen-bond acceptors (Lipinski definition) is 2. The average Bonchev–Trinajstić information content (AvgIpc) is 2.33. The van der Waals surface area contributed by atoms with E-state index in [2.05, 4.69) is 23.3 Å². The molecule has 1 aliphatic rings. The van der Waals surface area contributed by atoms with Crippen LogP contribution in [-0.4, -0.2) is 0 Å². The second kappa shape index (κ2) is 2.12. The van der Waals surface area contributed by atoms with E-state index in [9.17, 15) is 0 Å². The lowest BCUT2D eigenvalue weighted by molar-refractivity contribution is 0.737. The molecule has 1 aromatic heterocycles. The van der Waals surface area contributed by atoms with Crippen LogP contribution in [0.25, 0.3) is 0 Å². The Labute approximate surface area is 58.7 Å². The molecule has 46 valence electrons. The fourth-order valence-electron chi connectivity index (χ4n) is 0.980. The van der Waals surface area contributed by atoms with Gasteiger partial charge in [-0.1, -0.05) is 0 Å². The molecule has 1 aliphatic heterocycles. The molecule has 0 amide bonds. The second-order valence-corrected chi connectivity index (χ2v) is 3.08. The first-order valence-electron chi connectivity index (χ1n) is 2.98. The summed E-state index contributed by atoms with van der Waals surface area (Å²) in [6.45, 7) is 4.06. The minimum Gasteiger partial charge on any atom is -0.303 e. The predicted molar refractivity (Wildman–Crippen MR) is 38.1 cm³/mol. The summed E-state index contributed by atoms with van der Waals surface area (Å²) >= 11 is 1.82. The lowest BCUT2D eigenvalue weighted by Gasteiger charge is -2.09. The Balaban J connectivity index is 2.39. The summed E-state index contributed by atoms with van der Waals surface area (Å²) in [6.07, 6.45) is 0.979. The van der Waals surface area contributed by atoms with Gasteiger partial charge >= 0.3 is 0 Å². The van der Waals surface area contributed by atoms with E-state index in [0.717, 1.165) is 13.0 Å². The molecule has 0 aromatic carbocycles. The molecule has 2 radical (unpaired) electrons. The van der Waals surface area contributed by atoms with Gasteiger partial charge in [0.1, 0.15) is 0 Å². The normalized spacial score (nSPS) is 17.3. The van der Waals surface area contributed by atoms with Gasteiger partial charge in [0.15, 0.2) is 0 Å². The van der Waals surface area contributed by atoms with Crippen molar-refractivity contribution in [2.24, 2.45) is 0 Å². The molecule has 1 N–H and O–H groups in total. The van der Waals surface area contributed by atoms with Gasteiger partial charge in [0.05, 0.1) is 6.54 Å². The van der Waals surface area contributed by atoms with Crippen molar-refractivity contribution in [3.8, 4) is 0 Å². The molecule has 1 aromatic rings. The van der Waals surface area contributed by atoms with E-state index in [1.54, 1.807) is 0 Å². The summed E-state index contributed by atoms with van der Waals surface area (Å²) in [6, 6.07) is 2.17. The lowest BCUT2D eigenvalue weighted by Crippen LogP contribution is -2.16. The van der Waals surface area contributed by atoms with Gasteiger partial charge in [-0.3, -0.25) is 0 Å². The highest BCUT2D eigenvalue weighted by Crippen LogP contribution is 2.20. The molecule has 0 unspecified atom stereocenters. The van der Waals surface area contributed by atoms with Crippen molar-refractivity contribution in [2.75, 3.05) is 0 Å². The number of rotatable bonds is 0. The van der Waals surface area contributed by atoms with Gasteiger partial charge in [0.2, 0.25) is 0 Å². The van der Waals surface area contributed by atoms with Crippen molar-refractivity contribution >= 4 is 11.3 Å². The SMILES string of the molecule is [C]1Cc2sccc2CN1. The summed E-state index contributed by atoms with van der Waals surface area (Å²) in [5.41, 5.74) is 1.44. The van der Waals surface area contributed by atoms with Crippen molar-refractivity contribution in [2.45, 2.75) is 13.0 Å². The van der Waals surface area contributed by atoms with Gasteiger partial charge in [0, 0.05) is 17.8 Å². The average molecular weight is 137 g/mol. The molecule has 9 heavy (non-hydrogen) atoms. The van der Waals surface area contributed by atoms with Crippen LogP contribution in [0.2, 0.25) is 0 Å². The Hall–Kier alpha value is -0.340. The van der Waals surface area contributed by atoms with Crippen LogP contribution < -0.4 is 5.32 Å². The van der Waals surface area contributed by atoms with E-state index >= 15 is 0 Å². The van der Waals surface area contributed by atoms with E-state index in [0.29, 0.717) is 0 Å². The highest BCUT2D eigenvalue weighted by atomic mass is 32.1. The molecule has 0 bridgehead atoms. The van der Waals surface area contributed by atoms with Crippen LogP contribution in [0.3, 0.4) is 0 Å². The van der Waals surface area contributed by atoms with Crippen LogP contribution in [0.15, 0.2) is 11.4 Å². The van der Waals surface area contributed by atoms with Gasteiger partial charge in [-0.2, -0.15) is 0 Å². The third-order valence-corrected chi connectivity index (χ3v) is 2.45. The summed E-state index contributed by atoms with van der Waals surface area (Å²) in [4.78, 5) is 1.47. The smallest absolute Gasteiger partial charge is 0.0645 e. The topological polar surface area (TPSA) is 12.0 Å². The van der Waals surface area contributed by atoms with E-state index in [-0.39, 0.29) is 0 Å². The summed E-state index contributed by atoms with van der Waals surface area (Å²) in [7, 11) is 0. The maximum Gasteiger partial charge on any atom is 0.0645 e. The van der Waals surface area contributed by atoms with Crippen LogP contribution in [-0.2, 0) is 13.0 Å². The summed E-state index contributed by atoms with van der Waals surface area (Å²) < 4.78 is 0. The Morgan fingerprint density at radius 2 is 2.67 bits per heavy atom. The lowest BCUT2D eigenvalue weighted by atomic mass is 10.1. The zero-order valence-corrected chi connectivity index (χ0v) is 5.79. The van der Waals surface area contributed by atoms with Gasteiger partial charge in [-0.05, 0) is 17.0 Å². The highest BCUT2D eigenvalue weighted by Gasteiger charge is 2.08. The molecule has 0 atom stereocenters. The second-order valence-electron chi connectivity index (χ2n) is 2.08. The Morgan fingerprint density at radius 3 is 3.56 bits per heavy atom. The van der Waals surface area contributed by atoms with Crippen LogP contribution in [0.4, 0.5) is 0 Å². The molecule has 2 heteroatoms. The molecule has 0 fully saturated rings. The van der Waals surface area contributed by atoms with E-state index < -0.39 is 0 Å². The molecule has 0 aliphatic carbocycles. The molecular formula is C7H7NS. The molecule has 1 nitrogen and oxygen atoms in total. The fraction of sp³-hybridized carbons (Fsp3) is 0.286. The molecule has 0 saturated heterocycles. The Bertz CT molecular complexity index is 184. The first-order valence-corrected chi connectivity index (χ1v) is 3.86. The standard InChI is InChI=1S/C7H7NS/c1-3-8-5-6-2-4-9-7(1)6/h2,4,8H,1,5H2. The third kappa shape index (κ3) is 0.884. The molecule has 0 saturated carbocycles. The van der Waals surface area contributed by atoms with Crippen molar-refractivity contribution in [3.05, 3.63) is 28.4 Å². The number of thiophene rings is 1. The molecule has 0 spiro atoms. The predicted octanol–water partition coefficient (Wildman–Crippen LogP) is 1.43. The van der Waals surface area contributed by atoms with Crippen LogP contribution >= 0.6 is 11.3 Å². The molecular weight excluding hydrogens is 130 g/mol. The maximum absolute atomic E-state index is 3.09. The number of hydrogen-bond donors (Lipinski definition) is 1. The molecule has 2 rings (SSSR count). The maximum atomic E-state index is 3.09.